The molecule has 224 valence electrons. The molecule has 2 aromatic rings. The van der Waals surface area contributed by atoms with Crippen molar-refractivity contribution >= 4 is 23.4 Å². The van der Waals surface area contributed by atoms with Crippen molar-refractivity contribution in [2.75, 3.05) is 7.11 Å². The van der Waals surface area contributed by atoms with Gasteiger partial charge in [-0.3, -0.25) is 14.4 Å². The van der Waals surface area contributed by atoms with E-state index in [4.69, 9.17) is 18.9 Å². The number of ketones is 3. The number of carbonyl (C=O) groups is 4. The van der Waals surface area contributed by atoms with Crippen LogP contribution >= 0.6 is 0 Å². The van der Waals surface area contributed by atoms with E-state index in [9.17, 15) is 29.4 Å². The molecular weight excluding hydrogens is 546 g/mol. The van der Waals surface area contributed by atoms with E-state index in [0.29, 0.717) is 11.1 Å². The second-order valence-electron chi connectivity index (χ2n) is 11.4. The van der Waals surface area contributed by atoms with Crippen LogP contribution in [0.4, 0.5) is 4.79 Å². The molecule has 0 spiro atoms. The van der Waals surface area contributed by atoms with Gasteiger partial charge in [0.2, 0.25) is 0 Å². The monoisotopic (exact) mass is 581 g/mol. The fourth-order valence-electron chi connectivity index (χ4n) is 5.95. The maximum Gasteiger partial charge on any atom is 0.407 e. The summed E-state index contributed by atoms with van der Waals surface area (Å²) < 4.78 is 22.7. The lowest BCUT2D eigenvalue weighted by Crippen LogP contribution is -2.56. The molecule has 1 fully saturated rings. The van der Waals surface area contributed by atoms with Crippen LogP contribution in [0, 0.1) is 0 Å². The lowest BCUT2D eigenvalue weighted by molar-refractivity contribution is -0.248. The first-order chi connectivity index (χ1) is 19.8. The number of amides is 1. The molecule has 3 aliphatic rings. The molecule has 0 saturated carbocycles. The number of methoxy groups -OCH3 is 1. The maximum absolute atomic E-state index is 13.7. The maximum atomic E-state index is 13.7. The highest BCUT2D eigenvalue weighted by molar-refractivity contribution is 6.29. The molecule has 0 bridgehead atoms. The number of aliphatic hydroxyl groups excluding tert-OH is 1. The number of fused-ring (bicyclic) bond motifs is 3. The number of hydrogen-bond donors (Lipinski definition) is 3. The Labute approximate surface area is 243 Å². The quantitative estimate of drug-likeness (QED) is 0.395. The zero-order valence-corrected chi connectivity index (χ0v) is 24.1. The number of aliphatic hydroxyl groups is 2. The first-order valence-corrected chi connectivity index (χ1v) is 14.0. The topological polar surface area (TPSA) is 158 Å². The van der Waals surface area contributed by atoms with E-state index in [1.807, 2.05) is 0 Å². The highest BCUT2D eigenvalue weighted by Crippen LogP contribution is 2.43. The third-order valence-corrected chi connectivity index (χ3v) is 8.16. The van der Waals surface area contributed by atoms with Crippen molar-refractivity contribution < 1.29 is 48.3 Å². The fraction of sp³-hybridized carbons (Fsp3) is 0.484. The van der Waals surface area contributed by atoms with Gasteiger partial charge in [-0.25, -0.2) is 4.79 Å². The van der Waals surface area contributed by atoms with E-state index in [2.05, 4.69) is 5.32 Å². The van der Waals surface area contributed by atoms with Gasteiger partial charge in [-0.1, -0.05) is 12.1 Å². The molecule has 1 aliphatic heterocycles. The Hall–Kier alpha value is -3.64. The van der Waals surface area contributed by atoms with Crippen LogP contribution in [0.25, 0.3) is 0 Å². The minimum Gasteiger partial charge on any atom is -0.496 e. The summed E-state index contributed by atoms with van der Waals surface area (Å²) in [4.78, 5) is 52.0. The lowest BCUT2D eigenvalue weighted by Gasteiger charge is -2.42. The summed E-state index contributed by atoms with van der Waals surface area (Å²) in [5.74, 6) is -0.937. The molecule has 5 rings (SSSR count). The summed E-state index contributed by atoms with van der Waals surface area (Å²) in [5, 5.41) is 24.6. The highest BCUT2D eigenvalue weighted by atomic mass is 16.7. The Bertz CT molecular complexity index is 1450. The summed E-state index contributed by atoms with van der Waals surface area (Å²) in [7, 11) is 1.43. The molecule has 0 unspecified atom stereocenters. The van der Waals surface area contributed by atoms with Crippen molar-refractivity contribution in [1.29, 1.82) is 0 Å². The average molecular weight is 582 g/mol. The summed E-state index contributed by atoms with van der Waals surface area (Å²) in [5.41, 5.74) is -0.0274. The van der Waals surface area contributed by atoms with Crippen LogP contribution < -0.4 is 10.1 Å². The SMILES string of the molecule is COc1cccc2c1C(=O)c1cc3c(cc1C2=O)C[C@@](O)(C(C)=O)C[C@@H]3O[C@H]1C[C@@H](NC(=O)OC(C)C)[C@H](O)[C@H](C)O1. The van der Waals surface area contributed by atoms with Crippen molar-refractivity contribution in [2.45, 2.75) is 89.3 Å². The number of benzene rings is 2. The molecule has 11 nitrogen and oxygen atoms in total. The Balaban J connectivity index is 1.50. The predicted octanol–water partition coefficient (Wildman–Crippen LogP) is 2.79. The molecule has 42 heavy (non-hydrogen) atoms. The normalized spacial score (nSPS) is 28.4. The smallest absolute Gasteiger partial charge is 0.407 e. The molecule has 0 aromatic heterocycles. The molecule has 2 aromatic carbocycles. The molecule has 1 heterocycles. The van der Waals surface area contributed by atoms with Crippen molar-refractivity contribution in [3.05, 3.63) is 63.7 Å². The average Bonchev–Trinajstić information content (AvgIpc) is 2.92. The van der Waals surface area contributed by atoms with Crippen LogP contribution in [0.3, 0.4) is 0 Å². The van der Waals surface area contributed by atoms with Crippen molar-refractivity contribution in [3.8, 4) is 5.75 Å². The first kappa shape index (κ1) is 29.8. The molecule has 3 N–H and O–H groups in total. The Morgan fingerprint density at radius 2 is 1.83 bits per heavy atom. The van der Waals surface area contributed by atoms with Crippen LogP contribution in [0.1, 0.15) is 89.6 Å². The number of Topliss-reactive ketones (excluding diaryl/α,β-unsaturated/α-hetero) is 1. The minimum absolute atomic E-state index is 0.0516. The van der Waals surface area contributed by atoms with Crippen LogP contribution in [-0.4, -0.2) is 77.0 Å². The van der Waals surface area contributed by atoms with Gasteiger partial charge < -0.3 is 34.5 Å². The van der Waals surface area contributed by atoms with Gasteiger partial charge in [0.05, 0.1) is 37.0 Å². The van der Waals surface area contributed by atoms with Crippen molar-refractivity contribution in [1.82, 2.24) is 5.32 Å². The second-order valence-corrected chi connectivity index (χ2v) is 11.4. The van der Waals surface area contributed by atoms with Crippen molar-refractivity contribution in [2.24, 2.45) is 0 Å². The zero-order valence-electron chi connectivity index (χ0n) is 24.1. The third kappa shape index (κ3) is 5.33. The third-order valence-electron chi connectivity index (χ3n) is 8.16. The Kier molecular flexibility index (Phi) is 7.97. The van der Waals surface area contributed by atoms with Gasteiger partial charge in [0, 0.05) is 36.0 Å². The summed E-state index contributed by atoms with van der Waals surface area (Å²) >= 11 is 0. The molecular formula is C31H35NO10. The number of ether oxygens (including phenoxy) is 4. The van der Waals surface area contributed by atoms with Crippen LogP contribution in [0.5, 0.6) is 5.75 Å². The number of rotatable bonds is 6. The van der Waals surface area contributed by atoms with E-state index >= 15 is 0 Å². The molecule has 11 heteroatoms. The number of hydrogen-bond acceptors (Lipinski definition) is 10. The molecule has 1 saturated heterocycles. The highest BCUT2D eigenvalue weighted by Gasteiger charge is 2.46. The number of nitrogens with one attached hydrogen (secondary N) is 1. The standard InChI is InChI=1S/C31H35NO10/c1-14(2)40-30(37)32-22-11-25(41-15(3)27(22)34)42-24-13-31(38,16(4)33)12-17-9-20-21(10-19(17)24)29(36)26-18(28(20)35)7-6-8-23(26)39-5/h6-10,14-15,22,24-25,27,34,38H,11-13H2,1-5H3,(H,32,37)/t15-,22+,24-,25-,27+,31-/m0/s1. The zero-order chi connectivity index (χ0) is 30.5. The molecule has 1 amide bonds. The lowest BCUT2D eigenvalue weighted by atomic mass is 9.73. The van der Waals surface area contributed by atoms with Gasteiger partial charge in [0.25, 0.3) is 0 Å². The summed E-state index contributed by atoms with van der Waals surface area (Å²) in [6.07, 6.45) is -4.82. The van der Waals surface area contributed by atoms with Gasteiger partial charge in [-0.05, 0) is 57.0 Å². The van der Waals surface area contributed by atoms with Crippen molar-refractivity contribution in [3.63, 3.8) is 0 Å². The van der Waals surface area contributed by atoms with E-state index < -0.39 is 48.1 Å². The van der Waals surface area contributed by atoms with E-state index in [0.717, 1.165) is 0 Å². The van der Waals surface area contributed by atoms with Gasteiger partial charge in [-0.2, -0.15) is 0 Å². The van der Waals surface area contributed by atoms with E-state index in [-0.39, 0.29) is 64.9 Å². The predicted molar refractivity (Wildman–Crippen MR) is 148 cm³/mol. The molecule has 2 aliphatic carbocycles. The van der Waals surface area contributed by atoms with E-state index in [1.54, 1.807) is 51.1 Å². The Morgan fingerprint density at radius 3 is 2.50 bits per heavy atom. The fourth-order valence-corrected chi connectivity index (χ4v) is 5.95. The minimum atomic E-state index is -1.78. The van der Waals surface area contributed by atoms with Crippen LogP contribution in [0.2, 0.25) is 0 Å². The molecule has 6 atom stereocenters. The largest absolute Gasteiger partial charge is 0.496 e. The van der Waals surface area contributed by atoms with Crippen LogP contribution in [-0.2, 0) is 25.4 Å². The second kappa shape index (κ2) is 11.2. The summed E-state index contributed by atoms with van der Waals surface area (Å²) in [6, 6.07) is 7.20. The van der Waals surface area contributed by atoms with Crippen LogP contribution in [0.15, 0.2) is 30.3 Å². The number of carbonyl (C=O) groups excluding carboxylic acids is 4. The molecule has 0 radical (unpaired) electrons. The van der Waals surface area contributed by atoms with E-state index in [1.165, 1.54) is 14.0 Å². The van der Waals surface area contributed by atoms with Gasteiger partial charge in [0.15, 0.2) is 23.6 Å². The Morgan fingerprint density at radius 1 is 1.12 bits per heavy atom. The van der Waals surface area contributed by atoms with Gasteiger partial charge in [0.1, 0.15) is 17.5 Å². The summed E-state index contributed by atoms with van der Waals surface area (Å²) in [6.45, 7) is 6.33. The first-order valence-electron chi connectivity index (χ1n) is 14.0. The van der Waals surface area contributed by atoms with Gasteiger partial charge in [-0.15, -0.1) is 0 Å². The number of alkyl carbamates (subject to hydrolysis) is 1. The van der Waals surface area contributed by atoms with Gasteiger partial charge >= 0.3 is 6.09 Å².